The molecule has 1 nitrogen and oxygen atoms in total. The third-order valence-corrected chi connectivity index (χ3v) is 2.30. The molecular formula is C12H8F4O. The van der Waals surface area contributed by atoms with Gasteiger partial charge in [0, 0.05) is 5.39 Å². The molecule has 0 aromatic heterocycles. The van der Waals surface area contributed by atoms with E-state index in [0.717, 1.165) is 11.6 Å². The van der Waals surface area contributed by atoms with Gasteiger partial charge in [0.25, 0.3) is 0 Å². The van der Waals surface area contributed by atoms with Crippen molar-refractivity contribution in [3.05, 3.63) is 41.7 Å². The van der Waals surface area contributed by atoms with Gasteiger partial charge >= 0.3 is 6.36 Å². The quantitative estimate of drug-likeness (QED) is 0.683. The highest BCUT2D eigenvalue weighted by Crippen LogP contribution is 2.30. The molecule has 0 atom stereocenters. The van der Waals surface area contributed by atoms with E-state index in [-0.39, 0.29) is 5.39 Å². The van der Waals surface area contributed by atoms with E-state index < -0.39 is 17.9 Å². The minimum atomic E-state index is -4.89. The number of benzene rings is 2. The molecule has 0 aliphatic rings. The Morgan fingerprint density at radius 1 is 1.06 bits per heavy atom. The van der Waals surface area contributed by atoms with E-state index in [1.54, 1.807) is 12.1 Å². The second-order valence-electron chi connectivity index (χ2n) is 3.65. The summed E-state index contributed by atoms with van der Waals surface area (Å²) in [6.07, 6.45) is -4.89. The lowest BCUT2D eigenvalue weighted by Crippen LogP contribution is -2.17. The topological polar surface area (TPSA) is 9.23 Å². The molecule has 0 saturated carbocycles. The Morgan fingerprint density at radius 2 is 1.76 bits per heavy atom. The van der Waals surface area contributed by atoms with Crippen molar-refractivity contribution < 1.29 is 22.3 Å². The molecule has 2 aromatic carbocycles. The Balaban J connectivity index is 2.54. The van der Waals surface area contributed by atoms with Crippen molar-refractivity contribution in [2.24, 2.45) is 0 Å². The fourth-order valence-corrected chi connectivity index (χ4v) is 1.59. The maximum Gasteiger partial charge on any atom is 0.573 e. The van der Waals surface area contributed by atoms with Gasteiger partial charge in [-0.1, -0.05) is 29.8 Å². The largest absolute Gasteiger partial charge is 0.573 e. The van der Waals surface area contributed by atoms with Crippen molar-refractivity contribution in [2.45, 2.75) is 13.3 Å². The zero-order chi connectivity index (χ0) is 12.6. The summed E-state index contributed by atoms with van der Waals surface area (Å²) >= 11 is 0. The van der Waals surface area contributed by atoms with E-state index >= 15 is 0 Å². The molecule has 0 aliphatic carbocycles. The average Bonchev–Trinajstić information content (AvgIpc) is 2.20. The lowest BCUT2D eigenvalue weighted by Gasteiger charge is -2.11. The molecule has 0 unspecified atom stereocenters. The number of halogens is 4. The first-order valence-electron chi connectivity index (χ1n) is 4.81. The fraction of sp³-hybridized carbons (Fsp3) is 0.167. The van der Waals surface area contributed by atoms with Gasteiger partial charge < -0.3 is 4.74 Å². The Labute approximate surface area is 94.6 Å². The van der Waals surface area contributed by atoms with Crippen LogP contribution in [0.4, 0.5) is 17.6 Å². The Morgan fingerprint density at radius 3 is 2.41 bits per heavy atom. The van der Waals surface area contributed by atoms with E-state index in [9.17, 15) is 17.6 Å². The number of hydrogen-bond donors (Lipinski definition) is 0. The predicted molar refractivity (Wildman–Crippen MR) is 55.3 cm³/mol. The smallest absolute Gasteiger partial charge is 0.403 e. The number of rotatable bonds is 1. The first-order chi connectivity index (χ1) is 7.87. The molecule has 5 heteroatoms. The summed E-state index contributed by atoms with van der Waals surface area (Å²) in [5.41, 5.74) is 0.904. The molecule has 0 radical (unpaired) electrons. The molecule has 0 N–H and O–H groups in total. The standard InChI is InChI=1S/C12H8F4O/c1-7-2-4-9-8(6-7)3-5-10(11(9)13)17-12(14,15)16/h2-6H,1H3. The maximum atomic E-state index is 13.7. The fourth-order valence-electron chi connectivity index (χ4n) is 1.59. The monoisotopic (exact) mass is 244 g/mol. The van der Waals surface area contributed by atoms with Gasteiger partial charge in [-0.15, -0.1) is 13.2 Å². The van der Waals surface area contributed by atoms with Crippen molar-refractivity contribution in [3.8, 4) is 5.75 Å². The number of hydrogen-bond acceptors (Lipinski definition) is 1. The number of alkyl halides is 3. The van der Waals surface area contributed by atoms with Crippen LogP contribution in [0.25, 0.3) is 10.8 Å². The molecule has 0 spiro atoms. The van der Waals surface area contributed by atoms with E-state index in [0.29, 0.717) is 5.39 Å². The molecule has 0 amide bonds. The molecule has 0 aliphatic heterocycles. The summed E-state index contributed by atoms with van der Waals surface area (Å²) in [5, 5.41) is 0.648. The summed E-state index contributed by atoms with van der Waals surface area (Å²) in [6, 6.07) is 7.12. The normalized spacial score (nSPS) is 11.8. The van der Waals surface area contributed by atoms with Crippen molar-refractivity contribution >= 4 is 10.8 Å². The highest BCUT2D eigenvalue weighted by molar-refractivity contribution is 5.85. The first-order valence-corrected chi connectivity index (χ1v) is 4.81. The molecule has 17 heavy (non-hydrogen) atoms. The van der Waals surface area contributed by atoms with Crippen LogP contribution in [0.3, 0.4) is 0 Å². The van der Waals surface area contributed by atoms with Crippen molar-refractivity contribution in [1.82, 2.24) is 0 Å². The van der Waals surface area contributed by atoms with Gasteiger partial charge in [0.15, 0.2) is 11.6 Å². The van der Waals surface area contributed by atoms with Crippen molar-refractivity contribution in [3.63, 3.8) is 0 Å². The van der Waals surface area contributed by atoms with Crippen LogP contribution >= 0.6 is 0 Å². The third kappa shape index (κ3) is 2.49. The van der Waals surface area contributed by atoms with Crippen molar-refractivity contribution in [1.29, 1.82) is 0 Å². The molecule has 2 rings (SSSR count). The first kappa shape index (κ1) is 11.7. The molecule has 90 valence electrons. The minimum absolute atomic E-state index is 0.109. The Bertz CT molecular complexity index is 560. The summed E-state index contributed by atoms with van der Waals surface area (Å²) in [6.45, 7) is 1.82. The zero-order valence-corrected chi connectivity index (χ0v) is 8.81. The molecular weight excluding hydrogens is 236 g/mol. The van der Waals surface area contributed by atoms with Gasteiger partial charge in [0.1, 0.15) is 0 Å². The highest BCUT2D eigenvalue weighted by atomic mass is 19.4. The summed E-state index contributed by atoms with van der Waals surface area (Å²) in [7, 11) is 0. The molecule has 0 saturated heterocycles. The minimum Gasteiger partial charge on any atom is -0.403 e. The predicted octanol–water partition coefficient (Wildman–Crippen LogP) is 4.19. The number of fused-ring (bicyclic) bond motifs is 1. The van der Waals surface area contributed by atoms with Crippen LogP contribution in [0.5, 0.6) is 5.75 Å². The van der Waals surface area contributed by atoms with E-state index in [1.165, 1.54) is 12.1 Å². The van der Waals surface area contributed by atoms with Crippen LogP contribution in [0.15, 0.2) is 30.3 Å². The Kier molecular flexibility index (Phi) is 2.69. The molecule has 0 heterocycles. The van der Waals surface area contributed by atoms with Crippen LogP contribution in [0.2, 0.25) is 0 Å². The molecule has 0 bridgehead atoms. The summed E-state index contributed by atoms with van der Waals surface area (Å²) in [4.78, 5) is 0. The summed E-state index contributed by atoms with van der Waals surface area (Å²) < 4.78 is 53.3. The average molecular weight is 244 g/mol. The van der Waals surface area contributed by atoms with Crippen molar-refractivity contribution in [2.75, 3.05) is 0 Å². The second kappa shape index (κ2) is 3.91. The number of ether oxygens (including phenoxy) is 1. The van der Waals surface area contributed by atoms with E-state index in [1.807, 2.05) is 6.92 Å². The zero-order valence-electron chi connectivity index (χ0n) is 8.81. The molecule has 0 fully saturated rings. The van der Waals surface area contributed by atoms with Crippen LogP contribution in [-0.4, -0.2) is 6.36 Å². The van der Waals surface area contributed by atoms with Crippen LogP contribution in [-0.2, 0) is 0 Å². The van der Waals surface area contributed by atoms with Gasteiger partial charge in [-0.25, -0.2) is 4.39 Å². The van der Waals surface area contributed by atoms with Gasteiger partial charge in [-0.3, -0.25) is 0 Å². The van der Waals surface area contributed by atoms with Crippen LogP contribution < -0.4 is 4.74 Å². The lowest BCUT2D eigenvalue weighted by atomic mass is 10.1. The lowest BCUT2D eigenvalue weighted by molar-refractivity contribution is -0.275. The molecule has 2 aromatic rings. The van der Waals surface area contributed by atoms with Gasteiger partial charge in [-0.05, 0) is 18.4 Å². The van der Waals surface area contributed by atoms with Gasteiger partial charge in [0.2, 0.25) is 0 Å². The van der Waals surface area contributed by atoms with Crippen LogP contribution in [0, 0.1) is 12.7 Å². The van der Waals surface area contributed by atoms with E-state index in [2.05, 4.69) is 4.74 Å². The van der Waals surface area contributed by atoms with Gasteiger partial charge in [-0.2, -0.15) is 0 Å². The second-order valence-corrected chi connectivity index (χ2v) is 3.65. The number of aryl methyl sites for hydroxylation is 1. The van der Waals surface area contributed by atoms with Gasteiger partial charge in [0.05, 0.1) is 0 Å². The van der Waals surface area contributed by atoms with Crippen LogP contribution in [0.1, 0.15) is 5.56 Å². The Hall–Kier alpha value is -1.78. The summed E-state index contributed by atoms with van der Waals surface area (Å²) in [5.74, 6) is -1.81. The third-order valence-electron chi connectivity index (χ3n) is 2.30. The van der Waals surface area contributed by atoms with E-state index in [4.69, 9.17) is 0 Å². The maximum absolute atomic E-state index is 13.7. The SMILES string of the molecule is Cc1ccc2c(F)c(OC(F)(F)F)ccc2c1. The highest BCUT2D eigenvalue weighted by Gasteiger charge is 2.32.